The van der Waals surface area contributed by atoms with Crippen LogP contribution in [0, 0.1) is 6.92 Å². The highest BCUT2D eigenvalue weighted by Gasteiger charge is 2.15. The number of benzene rings is 2. The molecule has 0 aliphatic carbocycles. The predicted octanol–water partition coefficient (Wildman–Crippen LogP) is 3.61. The Labute approximate surface area is 161 Å². The van der Waals surface area contributed by atoms with Crippen molar-refractivity contribution in [1.29, 1.82) is 0 Å². The Morgan fingerprint density at radius 2 is 2.04 bits per heavy atom. The number of oxazole rings is 1. The topological polar surface area (TPSA) is 64.7 Å². The normalized spacial score (nSPS) is 11.0. The standard InChI is InChI=1S/C20H21ClN2O4/c1-13-4-7-17(26-3)14(10-13)12-22(2)19(24)8-9-23-16-6-5-15(21)11-18(16)27-20(23)25/h4-7,10-11H,8-9,12H2,1-3H3. The second kappa shape index (κ2) is 7.88. The van der Waals surface area contributed by atoms with Crippen LogP contribution in [-0.4, -0.2) is 29.5 Å². The number of ether oxygens (including phenoxy) is 1. The minimum absolute atomic E-state index is 0.0752. The van der Waals surface area contributed by atoms with Crippen molar-refractivity contribution in [3.63, 3.8) is 0 Å². The van der Waals surface area contributed by atoms with Crippen molar-refractivity contribution in [2.45, 2.75) is 26.4 Å². The van der Waals surface area contributed by atoms with Crippen molar-refractivity contribution in [2.75, 3.05) is 14.2 Å². The summed E-state index contributed by atoms with van der Waals surface area (Å²) in [4.78, 5) is 26.2. The number of nitrogens with zero attached hydrogens (tertiary/aromatic N) is 2. The minimum atomic E-state index is -0.497. The molecule has 0 unspecified atom stereocenters. The Bertz CT molecular complexity index is 1040. The van der Waals surface area contributed by atoms with E-state index in [2.05, 4.69) is 0 Å². The first-order valence-electron chi connectivity index (χ1n) is 8.55. The number of carbonyl (C=O) groups excluding carboxylic acids is 1. The second-order valence-electron chi connectivity index (χ2n) is 6.45. The molecule has 142 valence electrons. The van der Waals surface area contributed by atoms with Crippen LogP contribution in [0.15, 0.2) is 45.6 Å². The molecule has 0 saturated carbocycles. The molecule has 6 nitrogen and oxygen atoms in total. The number of aromatic nitrogens is 1. The van der Waals surface area contributed by atoms with Crippen LogP contribution in [0.5, 0.6) is 5.75 Å². The highest BCUT2D eigenvalue weighted by Crippen LogP contribution is 2.22. The van der Waals surface area contributed by atoms with Gasteiger partial charge in [0, 0.05) is 43.2 Å². The molecule has 3 aromatic rings. The lowest BCUT2D eigenvalue weighted by atomic mass is 10.1. The summed E-state index contributed by atoms with van der Waals surface area (Å²) in [6.07, 6.45) is 0.182. The molecular formula is C20H21ClN2O4. The molecule has 0 spiro atoms. The molecule has 1 heterocycles. The summed E-state index contributed by atoms with van der Waals surface area (Å²) in [5.41, 5.74) is 3.08. The second-order valence-corrected chi connectivity index (χ2v) is 6.88. The number of halogens is 1. The summed E-state index contributed by atoms with van der Waals surface area (Å²) in [7, 11) is 3.35. The van der Waals surface area contributed by atoms with Gasteiger partial charge in [0.1, 0.15) is 5.75 Å². The molecule has 27 heavy (non-hydrogen) atoms. The Kier molecular flexibility index (Phi) is 5.56. The maximum absolute atomic E-state index is 12.5. The Balaban J connectivity index is 1.70. The van der Waals surface area contributed by atoms with Gasteiger partial charge in [-0.15, -0.1) is 0 Å². The van der Waals surface area contributed by atoms with E-state index in [4.69, 9.17) is 20.8 Å². The summed E-state index contributed by atoms with van der Waals surface area (Å²) in [6, 6.07) is 10.9. The Hall–Kier alpha value is -2.73. The zero-order valence-corrected chi connectivity index (χ0v) is 16.2. The molecule has 0 atom stereocenters. The number of rotatable bonds is 6. The van der Waals surface area contributed by atoms with Gasteiger partial charge in [0.05, 0.1) is 12.6 Å². The molecule has 1 aromatic heterocycles. The fourth-order valence-corrected chi connectivity index (χ4v) is 3.19. The zero-order chi connectivity index (χ0) is 19.6. The first kappa shape index (κ1) is 19.0. The van der Waals surface area contributed by atoms with Crippen LogP contribution in [0.2, 0.25) is 5.02 Å². The molecule has 0 N–H and O–H groups in total. The van der Waals surface area contributed by atoms with Gasteiger partial charge >= 0.3 is 5.76 Å². The first-order chi connectivity index (χ1) is 12.9. The van der Waals surface area contributed by atoms with Crippen LogP contribution in [-0.2, 0) is 17.9 Å². The summed E-state index contributed by atoms with van der Waals surface area (Å²) in [5.74, 6) is 0.172. The van der Waals surface area contributed by atoms with Gasteiger partial charge in [-0.25, -0.2) is 4.79 Å². The highest BCUT2D eigenvalue weighted by atomic mass is 35.5. The molecule has 1 amide bonds. The monoisotopic (exact) mass is 388 g/mol. The lowest BCUT2D eigenvalue weighted by molar-refractivity contribution is -0.130. The van der Waals surface area contributed by atoms with Crippen molar-refractivity contribution in [2.24, 2.45) is 0 Å². The number of methoxy groups -OCH3 is 1. The van der Waals surface area contributed by atoms with Crippen LogP contribution in [0.1, 0.15) is 17.5 Å². The molecule has 0 saturated heterocycles. The van der Waals surface area contributed by atoms with Gasteiger partial charge in [-0.3, -0.25) is 9.36 Å². The third kappa shape index (κ3) is 4.17. The van der Waals surface area contributed by atoms with E-state index in [9.17, 15) is 9.59 Å². The summed E-state index contributed by atoms with van der Waals surface area (Å²) in [6.45, 7) is 2.66. The number of aryl methyl sites for hydroxylation is 2. The van der Waals surface area contributed by atoms with E-state index in [1.165, 1.54) is 4.57 Å². The lowest BCUT2D eigenvalue weighted by Crippen LogP contribution is -2.28. The predicted molar refractivity (Wildman–Crippen MR) is 104 cm³/mol. The van der Waals surface area contributed by atoms with Crippen LogP contribution < -0.4 is 10.5 Å². The fraction of sp³-hybridized carbons (Fsp3) is 0.300. The number of carbonyl (C=O) groups is 1. The van der Waals surface area contributed by atoms with Gasteiger partial charge in [-0.05, 0) is 25.1 Å². The van der Waals surface area contributed by atoms with Gasteiger partial charge in [0.15, 0.2) is 5.58 Å². The summed E-state index contributed by atoms with van der Waals surface area (Å²) >= 11 is 5.92. The Morgan fingerprint density at radius 1 is 1.26 bits per heavy atom. The number of fused-ring (bicyclic) bond motifs is 1. The first-order valence-corrected chi connectivity index (χ1v) is 8.93. The van der Waals surface area contributed by atoms with Crippen LogP contribution in [0.4, 0.5) is 0 Å². The lowest BCUT2D eigenvalue weighted by Gasteiger charge is -2.19. The van der Waals surface area contributed by atoms with E-state index < -0.39 is 5.76 Å². The van der Waals surface area contributed by atoms with Crippen LogP contribution >= 0.6 is 11.6 Å². The minimum Gasteiger partial charge on any atom is -0.496 e. The van der Waals surface area contributed by atoms with E-state index in [0.717, 1.165) is 16.9 Å². The van der Waals surface area contributed by atoms with Crippen molar-refractivity contribution >= 4 is 28.6 Å². The maximum Gasteiger partial charge on any atom is 0.419 e. The van der Waals surface area contributed by atoms with E-state index >= 15 is 0 Å². The Morgan fingerprint density at radius 3 is 2.78 bits per heavy atom. The molecule has 0 bridgehead atoms. The van der Waals surface area contributed by atoms with Crippen molar-refractivity contribution in [3.8, 4) is 5.75 Å². The maximum atomic E-state index is 12.5. The molecule has 2 aromatic carbocycles. The average Bonchev–Trinajstić information content (AvgIpc) is 2.94. The summed E-state index contributed by atoms with van der Waals surface area (Å²) < 4.78 is 12.0. The summed E-state index contributed by atoms with van der Waals surface area (Å²) in [5, 5.41) is 0.492. The quantitative estimate of drug-likeness (QED) is 0.647. The molecule has 0 aliphatic rings. The largest absolute Gasteiger partial charge is 0.496 e. The SMILES string of the molecule is COc1ccc(C)cc1CN(C)C(=O)CCn1c(=O)oc2cc(Cl)ccc21. The molecule has 0 radical (unpaired) electrons. The van der Waals surface area contributed by atoms with Gasteiger partial charge in [-0.2, -0.15) is 0 Å². The molecular weight excluding hydrogens is 368 g/mol. The average molecular weight is 389 g/mol. The highest BCUT2D eigenvalue weighted by molar-refractivity contribution is 6.31. The number of hydrogen-bond donors (Lipinski definition) is 0. The van der Waals surface area contributed by atoms with Crippen molar-refractivity contribution < 1.29 is 13.9 Å². The third-order valence-corrected chi connectivity index (χ3v) is 4.68. The van der Waals surface area contributed by atoms with E-state index in [-0.39, 0.29) is 18.9 Å². The molecule has 3 rings (SSSR count). The fourth-order valence-electron chi connectivity index (χ4n) is 3.02. The molecule has 0 aliphatic heterocycles. The van der Waals surface area contributed by atoms with Crippen molar-refractivity contribution in [1.82, 2.24) is 9.47 Å². The van der Waals surface area contributed by atoms with Crippen LogP contribution in [0.25, 0.3) is 11.1 Å². The number of hydrogen-bond acceptors (Lipinski definition) is 4. The molecule has 7 heteroatoms. The van der Waals surface area contributed by atoms with Gasteiger partial charge in [-0.1, -0.05) is 29.3 Å². The number of amides is 1. The third-order valence-electron chi connectivity index (χ3n) is 4.45. The van der Waals surface area contributed by atoms with E-state index in [0.29, 0.717) is 22.7 Å². The van der Waals surface area contributed by atoms with E-state index in [1.807, 2.05) is 25.1 Å². The molecule has 0 fully saturated rings. The van der Waals surface area contributed by atoms with Gasteiger partial charge in [0.25, 0.3) is 0 Å². The van der Waals surface area contributed by atoms with Crippen molar-refractivity contribution in [3.05, 3.63) is 63.1 Å². The van der Waals surface area contributed by atoms with E-state index in [1.54, 1.807) is 37.3 Å². The van der Waals surface area contributed by atoms with Gasteiger partial charge < -0.3 is 14.1 Å². The smallest absolute Gasteiger partial charge is 0.419 e. The van der Waals surface area contributed by atoms with Crippen LogP contribution in [0.3, 0.4) is 0 Å². The zero-order valence-electron chi connectivity index (χ0n) is 15.5. The van der Waals surface area contributed by atoms with Gasteiger partial charge in [0.2, 0.25) is 5.91 Å².